The molecular formula is C13H24O3. The van der Waals surface area contributed by atoms with Gasteiger partial charge in [0.25, 0.3) is 0 Å². The maximum absolute atomic E-state index is 10.3. The highest BCUT2D eigenvalue weighted by molar-refractivity contribution is 5.68. The van der Waals surface area contributed by atoms with E-state index in [1.165, 1.54) is 0 Å². The first-order valence-electron chi connectivity index (χ1n) is 5.81. The van der Waals surface area contributed by atoms with Crippen LogP contribution in [0.1, 0.15) is 46.5 Å². The van der Waals surface area contributed by atoms with Gasteiger partial charge in [-0.1, -0.05) is 25.5 Å². The van der Waals surface area contributed by atoms with Gasteiger partial charge in [-0.2, -0.15) is 0 Å². The second-order valence-electron chi connectivity index (χ2n) is 4.86. The van der Waals surface area contributed by atoms with Gasteiger partial charge >= 0.3 is 5.97 Å². The Balaban J connectivity index is 3.69. The van der Waals surface area contributed by atoms with Crippen LogP contribution >= 0.6 is 0 Å². The molecule has 0 aromatic heterocycles. The Kier molecular flexibility index (Phi) is 7.06. The number of carboxylic acids is 1. The molecule has 0 aromatic rings. The fourth-order valence-electron chi connectivity index (χ4n) is 1.45. The lowest BCUT2D eigenvalue weighted by molar-refractivity contribution is -0.136. The van der Waals surface area contributed by atoms with Crippen LogP contribution in [-0.2, 0) is 9.53 Å². The minimum atomic E-state index is -0.774. The van der Waals surface area contributed by atoms with Crippen LogP contribution in [0.3, 0.4) is 0 Å². The first kappa shape index (κ1) is 15.2. The normalized spacial score (nSPS) is 14.2. The van der Waals surface area contributed by atoms with Crippen molar-refractivity contribution in [2.75, 3.05) is 7.11 Å². The van der Waals surface area contributed by atoms with Gasteiger partial charge in [0.15, 0.2) is 0 Å². The lowest BCUT2D eigenvalue weighted by Gasteiger charge is -2.23. The van der Waals surface area contributed by atoms with Crippen molar-refractivity contribution in [1.82, 2.24) is 0 Å². The van der Waals surface area contributed by atoms with Crippen LogP contribution in [0.2, 0.25) is 0 Å². The van der Waals surface area contributed by atoms with Crippen molar-refractivity contribution in [3.63, 3.8) is 0 Å². The molecule has 0 saturated heterocycles. The third-order valence-corrected chi connectivity index (χ3v) is 2.75. The Hall–Kier alpha value is -0.830. The number of ether oxygens (including phenoxy) is 1. The zero-order chi connectivity index (χ0) is 12.6. The number of allylic oxidation sites excluding steroid dienone is 1. The Bertz CT molecular complexity index is 231. The Labute approximate surface area is 98.5 Å². The van der Waals surface area contributed by atoms with Crippen molar-refractivity contribution in [3.8, 4) is 0 Å². The molecule has 0 saturated carbocycles. The SMILES string of the molecule is COC(C)(C)CCCC(C)C=CCC(=O)O. The molecule has 1 N–H and O–H groups in total. The summed E-state index contributed by atoms with van der Waals surface area (Å²) >= 11 is 0. The van der Waals surface area contributed by atoms with E-state index in [4.69, 9.17) is 9.84 Å². The molecule has 16 heavy (non-hydrogen) atoms. The Morgan fingerprint density at radius 3 is 2.62 bits per heavy atom. The minimum Gasteiger partial charge on any atom is -0.481 e. The summed E-state index contributed by atoms with van der Waals surface area (Å²) in [5.74, 6) is -0.337. The highest BCUT2D eigenvalue weighted by Crippen LogP contribution is 2.19. The molecule has 3 heteroatoms. The summed E-state index contributed by atoms with van der Waals surface area (Å²) < 4.78 is 5.34. The van der Waals surface area contributed by atoms with E-state index in [1.54, 1.807) is 13.2 Å². The second-order valence-corrected chi connectivity index (χ2v) is 4.86. The Morgan fingerprint density at radius 2 is 2.12 bits per heavy atom. The van der Waals surface area contributed by atoms with Crippen LogP contribution in [0.15, 0.2) is 12.2 Å². The predicted molar refractivity (Wildman–Crippen MR) is 65.5 cm³/mol. The highest BCUT2D eigenvalue weighted by atomic mass is 16.5. The van der Waals surface area contributed by atoms with Crippen LogP contribution in [0.25, 0.3) is 0 Å². The van der Waals surface area contributed by atoms with E-state index in [-0.39, 0.29) is 12.0 Å². The fourth-order valence-corrected chi connectivity index (χ4v) is 1.45. The van der Waals surface area contributed by atoms with Crippen LogP contribution in [-0.4, -0.2) is 23.8 Å². The summed E-state index contributed by atoms with van der Waals surface area (Å²) in [6.07, 6.45) is 7.03. The summed E-state index contributed by atoms with van der Waals surface area (Å²) in [5.41, 5.74) is -0.0511. The molecule has 0 aliphatic rings. The van der Waals surface area contributed by atoms with Gasteiger partial charge in [-0.05, 0) is 32.6 Å². The zero-order valence-corrected chi connectivity index (χ0v) is 10.8. The number of carbonyl (C=O) groups is 1. The largest absolute Gasteiger partial charge is 0.481 e. The van der Waals surface area contributed by atoms with Crippen LogP contribution in [0.4, 0.5) is 0 Å². The third kappa shape index (κ3) is 8.48. The van der Waals surface area contributed by atoms with Crippen LogP contribution in [0.5, 0.6) is 0 Å². The van der Waals surface area contributed by atoms with Crippen molar-refractivity contribution >= 4 is 5.97 Å². The van der Waals surface area contributed by atoms with Gasteiger partial charge in [0.2, 0.25) is 0 Å². The molecule has 0 spiro atoms. The summed E-state index contributed by atoms with van der Waals surface area (Å²) in [5, 5.41) is 8.47. The van der Waals surface area contributed by atoms with E-state index >= 15 is 0 Å². The first-order chi connectivity index (χ1) is 7.37. The summed E-state index contributed by atoms with van der Waals surface area (Å²) in [4.78, 5) is 10.3. The lowest BCUT2D eigenvalue weighted by Crippen LogP contribution is -2.22. The van der Waals surface area contributed by atoms with Gasteiger partial charge in [-0.25, -0.2) is 0 Å². The van der Waals surface area contributed by atoms with Crippen LogP contribution < -0.4 is 0 Å². The van der Waals surface area contributed by atoms with E-state index < -0.39 is 5.97 Å². The highest BCUT2D eigenvalue weighted by Gasteiger charge is 2.15. The lowest BCUT2D eigenvalue weighted by atomic mass is 9.96. The van der Waals surface area contributed by atoms with E-state index in [1.807, 2.05) is 6.08 Å². The number of methoxy groups -OCH3 is 1. The average Bonchev–Trinajstić information content (AvgIpc) is 2.17. The van der Waals surface area contributed by atoms with E-state index in [2.05, 4.69) is 20.8 Å². The van der Waals surface area contributed by atoms with Crippen molar-refractivity contribution in [3.05, 3.63) is 12.2 Å². The Morgan fingerprint density at radius 1 is 1.50 bits per heavy atom. The average molecular weight is 228 g/mol. The molecule has 0 fully saturated rings. The minimum absolute atomic E-state index is 0.0511. The zero-order valence-electron chi connectivity index (χ0n) is 10.8. The fraction of sp³-hybridized carbons (Fsp3) is 0.769. The molecule has 1 unspecified atom stereocenters. The van der Waals surface area contributed by atoms with E-state index in [9.17, 15) is 4.79 Å². The van der Waals surface area contributed by atoms with Gasteiger partial charge in [-0.15, -0.1) is 0 Å². The van der Waals surface area contributed by atoms with Crippen molar-refractivity contribution in [2.45, 2.75) is 52.1 Å². The quantitative estimate of drug-likeness (QED) is 0.649. The van der Waals surface area contributed by atoms with E-state index in [0.29, 0.717) is 5.92 Å². The molecule has 0 heterocycles. The monoisotopic (exact) mass is 228 g/mol. The van der Waals surface area contributed by atoms with E-state index in [0.717, 1.165) is 19.3 Å². The molecule has 0 aliphatic heterocycles. The standard InChI is InChI=1S/C13H24O3/c1-11(7-5-9-12(14)15)8-6-10-13(2,3)16-4/h5,7,11H,6,8-10H2,1-4H3,(H,14,15). The van der Waals surface area contributed by atoms with Crippen molar-refractivity contribution < 1.29 is 14.6 Å². The third-order valence-electron chi connectivity index (χ3n) is 2.75. The number of hydrogen-bond donors (Lipinski definition) is 1. The van der Waals surface area contributed by atoms with Crippen molar-refractivity contribution in [2.24, 2.45) is 5.92 Å². The number of aliphatic carboxylic acids is 1. The molecular weight excluding hydrogens is 204 g/mol. The summed E-state index contributed by atoms with van der Waals surface area (Å²) in [6.45, 7) is 6.27. The topological polar surface area (TPSA) is 46.5 Å². The molecule has 0 aromatic carbocycles. The number of hydrogen-bond acceptors (Lipinski definition) is 2. The van der Waals surface area contributed by atoms with Gasteiger partial charge < -0.3 is 9.84 Å². The maximum Gasteiger partial charge on any atom is 0.307 e. The van der Waals surface area contributed by atoms with Crippen LogP contribution in [0, 0.1) is 5.92 Å². The molecule has 1 atom stereocenters. The van der Waals surface area contributed by atoms with Crippen molar-refractivity contribution in [1.29, 1.82) is 0 Å². The maximum atomic E-state index is 10.3. The second kappa shape index (κ2) is 7.44. The number of carboxylic acid groups (broad SMARTS) is 1. The summed E-state index contributed by atoms with van der Waals surface area (Å²) in [7, 11) is 1.73. The summed E-state index contributed by atoms with van der Waals surface area (Å²) in [6, 6.07) is 0. The molecule has 0 radical (unpaired) electrons. The molecule has 0 amide bonds. The van der Waals surface area contributed by atoms with Gasteiger partial charge in [0.1, 0.15) is 0 Å². The van der Waals surface area contributed by atoms with Gasteiger partial charge in [0, 0.05) is 7.11 Å². The molecule has 3 nitrogen and oxygen atoms in total. The molecule has 0 rings (SSSR count). The predicted octanol–water partition coefficient (Wildman–Crippen LogP) is 3.25. The molecule has 94 valence electrons. The smallest absolute Gasteiger partial charge is 0.307 e. The number of rotatable bonds is 8. The van der Waals surface area contributed by atoms with Gasteiger partial charge in [0.05, 0.1) is 12.0 Å². The molecule has 0 bridgehead atoms. The molecule has 0 aliphatic carbocycles. The van der Waals surface area contributed by atoms with Gasteiger partial charge in [-0.3, -0.25) is 4.79 Å². The first-order valence-corrected chi connectivity index (χ1v) is 5.81.